The first kappa shape index (κ1) is 44.5. The minimum atomic E-state index is -3.94. The first-order valence-electron chi connectivity index (χ1n) is 20.1. The molecule has 4 rings (SSSR count). The number of rotatable bonds is 14. The van der Waals surface area contributed by atoms with Crippen LogP contribution in [0, 0.1) is 23.2 Å². The number of hydrazine groups is 1. The molecular formula is C41H64N8O6S. The predicted octanol–water partition coefficient (Wildman–Crippen LogP) is 5.45. The number of nitrogens with zero attached hydrogens (tertiary/aromatic N) is 4. The Morgan fingerprint density at radius 1 is 0.911 bits per heavy atom. The lowest BCUT2D eigenvalue weighted by atomic mass is 9.83. The van der Waals surface area contributed by atoms with Crippen molar-refractivity contribution in [3.63, 3.8) is 0 Å². The van der Waals surface area contributed by atoms with Gasteiger partial charge in [-0.05, 0) is 73.5 Å². The quantitative estimate of drug-likeness (QED) is 0.184. The Balaban J connectivity index is 1.55. The summed E-state index contributed by atoms with van der Waals surface area (Å²) in [6.07, 6.45) is 6.96. The van der Waals surface area contributed by atoms with Crippen LogP contribution in [0.25, 0.3) is 0 Å². The minimum Gasteiger partial charge on any atom is -0.334 e. The number of carbonyl (C=O) groups is 4. The summed E-state index contributed by atoms with van der Waals surface area (Å²) in [4.78, 5) is 62.1. The van der Waals surface area contributed by atoms with Crippen molar-refractivity contribution in [2.75, 3.05) is 26.7 Å². The molecule has 1 aromatic carbocycles. The minimum absolute atomic E-state index is 0.0335. The summed E-state index contributed by atoms with van der Waals surface area (Å²) in [7, 11) is -2.48. The van der Waals surface area contributed by atoms with Crippen LogP contribution in [0.1, 0.15) is 105 Å². The molecule has 2 heterocycles. The second-order valence-electron chi connectivity index (χ2n) is 16.7. The summed E-state index contributed by atoms with van der Waals surface area (Å²) in [5, 5.41) is 10.2. The standard InChI is InChI=1S/C41H64N8O6S/c1-9-25-49(40(53)43-29(4)30-18-12-10-13-19-30)46-37(50)36-32(28(2)3)23-26-48(36)38(51)35(31-20-14-11-15-21-31)45-39(52)44-33(41(5,6)7)27-47(8)56(54,55)34-22-16-17-24-42-34/h10,12-13,16-19,22,24,28-29,31-33,35-36H,9,11,14-15,20-21,23,25-27H2,1-8H3,(H,43,53)(H,46,50)(H2,44,45,52)/t29-,32?,33+,35-,36-/m0/s1. The van der Waals surface area contributed by atoms with Crippen molar-refractivity contribution in [3.8, 4) is 0 Å². The molecule has 2 fully saturated rings. The Kier molecular flexibility index (Phi) is 15.7. The van der Waals surface area contributed by atoms with Crippen molar-refractivity contribution in [1.82, 2.24) is 40.6 Å². The normalized spacial score (nSPS) is 19.6. The Bertz CT molecular complexity index is 1720. The van der Waals surface area contributed by atoms with E-state index in [-0.39, 0.29) is 47.8 Å². The van der Waals surface area contributed by atoms with E-state index < -0.39 is 51.5 Å². The number of benzene rings is 1. The molecule has 14 nitrogen and oxygen atoms in total. The van der Waals surface area contributed by atoms with Crippen LogP contribution in [0.15, 0.2) is 59.8 Å². The highest BCUT2D eigenvalue weighted by Crippen LogP contribution is 2.34. The third kappa shape index (κ3) is 11.4. The molecular weight excluding hydrogens is 733 g/mol. The largest absolute Gasteiger partial charge is 0.336 e. The number of hydrogen-bond acceptors (Lipinski definition) is 7. The van der Waals surface area contributed by atoms with Crippen molar-refractivity contribution >= 4 is 33.9 Å². The van der Waals surface area contributed by atoms with Crippen molar-refractivity contribution in [1.29, 1.82) is 0 Å². The molecule has 2 aliphatic rings. The Morgan fingerprint density at radius 3 is 2.16 bits per heavy atom. The van der Waals surface area contributed by atoms with Crippen molar-refractivity contribution < 1.29 is 27.6 Å². The van der Waals surface area contributed by atoms with Gasteiger partial charge in [-0.3, -0.25) is 15.0 Å². The molecule has 1 saturated heterocycles. The van der Waals surface area contributed by atoms with Crippen LogP contribution in [-0.2, 0) is 19.6 Å². The van der Waals surface area contributed by atoms with Gasteiger partial charge in [0.15, 0.2) is 5.03 Å². The van der Waals surface area contributed by atoms with Gasteiger partial charge in [-0.2, -0.15) is 4.31 Å². The maximum Gasteiger partial charge on any atom is 0.336 e. The lowest BCUT2D eigenvalue weighted by Crippen LogP contribution is -2.62. The van der Waals surface area contributed by atoms with E-state index in [9.17, 15) is 27.6 Å². The van der Waals surface area contributed by atoms with Gasteiger partial charge in [-0.15, -0.1) is 0 Å². The molecule has 1 aliphatic heterocycles. The van der Waals surface area contributed by atoms with E-state index >= 15 is 0 Å². The average molecular weight is 797 g/mol. The maximum absolute atomic E-state index is 14.8. The van der Waals surface area contributed by atoms with E-state index in [1.807, 2.05) is 78.8 Å². The molecule has 2 aromatic rings. The van der Waals surface area contributed by atoms with Crippen LogP contribution >= 0.6 is 0 Å². The van der Waals surface area contributed by atoms with Gasteiger partial charge in [0.05, 0.1) is 6.04 Å². The second-order valence-corrected chi connectivity index (χ2v) is 18.7. The van der Waals surface area contributed by atoms with E-state index in [0.717, 1.165) is 37.7 Å². The molecule has 56 heavy (non-hydrogen) atoms. The molecule has 0 spiro atoms. The maximum atomic E-state index is 14.8. The number of amides is 6. The highest BCUT2D eigenvalue weighted by atomic mass is 32.2. The summed E-state index contributed by atoms with van der Waals surface area (Å²) in [5.74, 6) is -1.03. The molecule has 310 valence electrons. The van der Waals surface area contributed by atoms with Crippen molar-refractivity contribution in [3.05, 3.63) is 60.3 Å². The fourth-order valence-electron chi connectivity index (χ4n) is 7.74. The third-order valence-electron chi connectivity index (χ3n) is 11.2. The van der Waals surface area contributed by atoms with Crippen LogP contribution in [0.5, 0.6) is 0 Å². The van der Waals surface area contributed by atoms with Crippen molar-refractivity contribution in [2.45, 2.75) is 123 Å². The van der Waals surface area contributed by atoms with E-state index in [1.165, 1.54) is 28.6 Å². The van der Waals surface area contributed by atoms with E-state index in [4.69, 9.17) is 0 Å². The molecule has 15 heteroatoms. The van der Waals surface area contributed by atoms with Crippen molar-refractivity contribution in [2.24, 2.45) is 23.2 Å². The number of carbonyl (C=O) groups excluding carboxylic acids is 4. The van der Waals surface area contributed by atoms with Crippen LogP contribution in [0.2, 0.25) is 0 Å². The van der Waals surface area contributed by atoms with Gasteiger partial charge < -0.3 is 20.9 Å². The lowest BCUT2D eigenvalue weighted by Gasteiger charge is -2.38. The molecule has 5 atom stereocenters. The number of urea groups is 2. The fourth-order valence-corrected chi connectivity index (χ4v) is 8.84. The van der Waals surface area contributed by atoms with E-state index in [0.29, 0.717) is 19.4 Å². The molecule has 1 aliphatic carbocycles. The lowest BCUT2D eigenvalue weighted by molar-refractivity contribution is -0.143. The number of pyridine rings is 1. The van der Waals surface area contributed by atoms with Crippen LogP contribution in [0.4, 0.5) is 9.59 Å². The molecule has 0 bridgehead atoms. The molecule has 1 unspecified atom stereocenters. The van der Waals surface area contributed by atoms with Gasteiger partial charge in [-0.1, -0.05) is 97.2 Å². The first-order chi connectivity index (χ1) is 26.4. The Labute approximate surface area is 334 Å². The van der Waals surface area contributed by atoms with Gasteiger partial charge in [0.2, 0.25) is 5.91 Å². The fraction of sp³-hybridized carbons (Fsp3) is 0.634. The summed E-state index contributed by atoms with van der Waals surface area (Å²) >= 11 is 0. The zero-order valence-electron chi connectivity index (χ0n) is 34.5. The number of likely N-dealkylation sites (tertiary alicyclic amines) is 1. The molecule has 1 saturated carbocycles. The van der Waals surface area contributed by atoms with Gasteiger partial charge in [0.1, 0.15) is 12.1 Å². The van der Waals surface area contributed by atoms with Crippen LogP contribution in [0.3, 0.4) is 0 Å². The molecule has 6 amide bonds. The van der Waals surface area contributed by atoms with Crippen LogP contribution in [-0.4, -0.2) is 96.3 Å². The molecule has 0 radical (unpaired) electrons. The average Bonchev–Trinajstić information content (AvgIpc) is 3.63. The summed E-state index contributed by atoms with van der Waals surface area (Å²) < 4.78 is 27.8. The van der Waals surface area contributed by atoms with Gasteiger partial charge in [0, 0.05) is 38.9 Å². The highest BCUT2D eigenvalue weighted by Gasteiger charge is 2.47. The first-order valence-corrected chi connectivity index (χ1v) is 21.6. The van der Waals surface area contributed by atoms with E-state index in [2.05, 4.69) is 26.4 Å². The number of likely N-dealkylation sites (N-methyl/N-ethyl adjacent to an activating group) is 1. The number of sulfonamides is 1. The Hall–Kier alpha value is -4.24. The Morgan fingerprint density at radius 2 is 1.57 bits per heavy atom. The van der Waals surface area contributed by atoms with Gasteiger partial charge >= 0.3 is 12.1 Å². The SMILES string of the molecule is CCCN(NC(=O)[C@@H]1C(C(C)C)CCN1C(=O)[C@@H](NC(=O)N[C@H](CN(C)S(=O)(=O)c1ccccn1)C(C)(C)C)C1CCCCC1)C(=O)N[C@@H](C)c1ccccc1. The van der Waals surface area contributed by atoms with Gasteiger partial charge in [0.25, 0.3) is 15.9 Å². The van der Waals surface area contributed by atoms with Crippen LogP contribution < -0.4 is 21.4 Å². The summed E-state index contributed by atoms with van der Waals surface area (Å²) in [6, 6.07) is 10.5. The third-order valence-corrected chi connectivity index (χ3v) is 12.9. The molecule has 4 N–H and O–H groups in total. The smallest absolute Gasteiger partial charge is 0.334 e. The highest BCUT2D eigenvalue weighted by molar-refractivity contribution is 7.89. The second kappa shape index (κ2) is 19.8. The number of hydrogen-bond donors (Lipinski definition) is 4. The monoisotopic (exact) mass is 796 g/mol. The number of aromatic nitrogens is 1. The predicted molar refractivity (Wildman–Crippen MR) is 216 cm³/mol. The van der Waals surface area contributed by atoms with E-state index in [1.54, 1.807) is 17.0 Å². The zero-order chi connectivity index (χ0) is 41.2. The topological polar surface area (TPSA) is 173 Å². The molecule has 1 aromatic heterocycles. The summed E-state index contributed by atoms with van der Waals surface area (Å²) in [6.45, 7) is 14.2. The summed E-state index contributed by atoms with van der Waals surface area (Å²) in [5.41, 5.74) is 3.23. The van der Waals surface area contributed by atoms with Gasteiger partial charge in [-0.25, -0.2) is 28.0 Å². The zero-order valence-corrected chi connectivity index (χ0v) is 35.3. The number of nitrogens with one attached hydrogen (secondary N) is 4.